The van der Waals surface area contributed by atoms with Crippen molar-refractivity contribution in [3.63, 3.8) is 0 Å². The van der Waals surface area contributed by atoms with E-state index in [9.17, 15) is 9.59 Å². The van der Waals surface area contributed by atoms with Crippen LogP contribution in [0.1, 0.15) is 11.5 Å². The van der Waals surface area contributed by atoms with Gasteiger partial charge in [-0.2, -0.15) is 0 Å². The predicted octanol–water partition coefficient (Wildman–Crippen LogP) is 1.91. The molecule has 0 spiro atoms. The molecule has 6 heteroatoms. The average molecular weight is 280 g/mol. The minimum Gasteiger partial charge on any atom is -0.490 e. The smallest absolute Gasteiger partial charge is 0.226 e. The van der Waals surface area contributed by atoms with Crippen molar-refractivity contribution in [2.24, 2.45) is 0 Å². The summed E-state index contributed by atoms with van der Waals surface area (Å²) in [6.45, 7) is 3.39. The van der Waals surface area contributed by atoms with Crippen molar-refractivity contribution < 1.29 is 18.3 Å². The largest absolute Gasteiger partial charge is 0.490 e. The molecule has 6 nitrogen and oxygen atoms in total. The fraction of sp³-hybridized carbons (Fsp3) is 0.286. The van der Waals surface area contributed by atoms with Gasteiger partial charge in [-0.15, -0.1) is 0 Å². The van der Waals surface area contributed by atoms with Gasteiger partial charge < -0.3 is 18.3 Å². The molecule has 0 fully saturated rings. The molecule has 0 bridgehead atoms. The van der Waals surface area contributed by atoms with Gasteiger partial charge in [0.1, 0.15) is 17.8 Å². The maximum absolute atomic E-state index is 10.9. The Hall–Kier alpha value is -2.50. The van der Waals surface area contributed by atoms with Gasteiger partial charge in [0.25, 0.3) is 0 Å². The summed E-state index contributed by atoms with van der Waals surface area (Å²) in [5.41, 5.74) is -0.294. The van der Waals surface area contributed by atoms with E-state index in [0.717, 1.165) is 0 Å². The van der Waals surface area contributed by atoms with Crippen LogP contribution in [0.2, 0.25) is 0 Å². The predicted molar refractivity (Wildman–Crippen MR) is 72.5 cm³/mol. The summed E-state index contributed by atoms with van der Waals surface area (Å²) in [6, 6.07) is 2.71. The lowest BCUT2D eigenvalue weighted by Crippen LogP contribution is -2.04. The first kappa shape index (κ1) is 15.6. The third-order valence-electron chi connectivity index (χ3n) is 2.36. The lowest BCUT2D eigenvalue weighted by Gasteiger charge is -1.98. The Labute approximate surface area is 115 Å². The maximum atomic E-state index is 10.9. The lowest BCUT2D eigenvalue weighted by atomic mass is 10.4. The normalized spacial score (nSPS) is 9.40. The number of methoxy groups -OCH3 is 2. The first-order chi connectivity index (χ1) is 9.49. The second-order valence-corrected chi connectivity index (χ2v) is 3.80. The third-order valence-corrected chi connectivity index (χ3v) is 2.36. The highest BCUT2D eigenvalue weighted by Crippen LogP contribution is 2.08. The minimum absolute atomic E-state index is 0.147. The molecule has 0 aromatic carbocycles. The van der Waals surface area contributed by atoms with Crippen LogP contribution in [0.5, 0.6) is 11.5 Å². The molecule has 0 aliphatic carbocycles. The Morgan fingerprint density at radius 2 is 1.70 bits per heavy atom. The summed E-state index contributed by atoms with van der Waals surface area (Å²) in [5.74, 6) is 1.62. The number of rotatable bonds is 2. The molecule has 0 aliphatic rings. The molecular formula is C14H16O6. The van der Waals surface area contributed by atoms with Crippen LogP contribution in [0.4, 0.5) is 0 Å². The third kappa shape index (κ3) is 4.01. The Kier molecular flexibility index (Phi) is 5.58. The molecule has 20 heavy (non-hydrogen) atoms. The molecule has 2 heterocycles. The van der Waals surface area contributed by atoms with Gasteiger partial charge in [-0.25, -0.2) is 0 Å². The van der Waals surface area contributed by atoms with Gasteiger partial charge in [-0.05, 0) is 13.8 Å². The fourth-order valence-corrected chi connectivity index (χ4v) is 1.39. The zero-order valence-electron chi connectivity index (χ0n) is 11.8. The summed E-state index contributed by atoms with van der Waals surface area (Å²) >= 11 is 0. The first-order valence-corrected chi connectivity index (χ1v) is 5.75. The SMILES string of the molecule is COc1c(C)occc1=O.COc1coc(C)cc1=O. The van der Waals surface area contributed by atoms with E-state index < -0.39 is 0 Å². The van der Waals surface area contributed by atoms with E-state index in [0.29, 0.717) is 11.5 Å². The van der Waals surface area contributed by atoms with Crippen molar-refractivity contribution in [3.8, 4) is 11.5 Å². The Morgan fingerprint density at radius 3 is 2.15 bits per heavy atom. The van der Waals surface area contributed by atoms with Gasteiger partial charge in [0, 0.05) is 12.1 Å². The molecule has 2 aromatic heterocycles. The van der Waals surface area contributed by atoms with Gasteiger partial charge in [0.15, 0.2) is 0 Å². The highest BCUT2D eigenvalue weighted by molar-refractivity contribution is 5.22. The molecule has 0 saturated carbocycles. The van der Waals surface area contributed by atoms with Crippen LogP contribution >= 0.6 is 0 Å². The summed E-state index contributed by atoms with van der Waals surface area (Å²) in [7, 11) is 2.88. The van der Waals surface area contributed by atoms with E-state index in [-0.39, 0.29) is 22.4 Å². The fourth-order valence-electron chi connectivity index (χ4n) is 1.39. The molecule has 2 rings (SSSR count). The van der Waals surface area contributed by atoms with Gasteiger partial charge in [0.05, 0.1) is 20.5 Å². The average Bonchev–Trinajstić information content (AvgIpc) is 2.40. The van der Waals surface area contributed by atoms with Crippen LogP contribution in [-0.4, -0.2) is 14.2 Å². The van der Waals surface area contributed by atoms with E-state index >= 15 is 0 Å². The van der Waals surface area contributed by atoms with Crippen molar-refractivity contribution in [3.05, 3.63) is 56.6 Å². The topological polar surface area (TPSA) is 78.9 Å². The van der Waals surface area contributed by atoms with Crippen LogP contribution in [0.15, 0.2) is 43.1 Å². The molecule has 0 saturated heterocycles. The van der Waals surface area contributed by atoms with E-state index in [1.807, 2.05) is 0 Å². The molecular weight excluding hydrogens is 264 g/mol. The molecule has 0 N–H and O–H groups in total. The van der Waals surface area contributed by atoms with Gasteiger partial charge in [-0.1, -0.05) is 0 Å². The van der Waals surface area contributed by atoms with Crippen molar-refractivity contribution in [1.82, 2.24) is 0 Å². The van der Waals surface area contributed by atoms with Gasteiger partial charge >= 0.3 is 0 Å². The number of hydrogen-bond acceptors (Lipinski definition) is 6. The summed E-state index contributed by atoms with van der Waals surface area (Å²) in [5, 5.41) is 0. The van der Waals surface area contributed by atoms with Crippen molar-refractivity contribution in [2.45, 2.75) is 13.8 Å². The zero-order chi connectivity index (χ0) is 15.1. The second kappa shape index (κ2) is 7.18. The summed E-state index contributed by atoms with van der Waals surface area (Å²) in [4.78, 5) is 21.8. The van der Waals surface area contributed by atoms with E-state index in [1.165, 1.54) is 38.9 Å². The number of hydrogen-bond donors (Lipinski definition) is 0. The highest BCUT2D eigenvalue weighted by atomic mass is 16.5. The van der Waals surface area contributed by atoms with Crippen LogP contribution < -0.4 is 20.3 Å². The van der Waals surface area contributed by atoms with Crippen LogP contribution in [-0.2, 0) is 0 Å². The molecule has 0 aliphatic heterocycles. The first-order valence-electron chi connectivity index (χ1n) is 5.75. The van der Waals surface area contributed by atoms with E-state index in [4.69, 9.17) is 18.3 Å². The van der Waals surface area contributed by atoms with Crippen LogP contribution in [0.3, 0.4) is 0 Å². The minimum atomic E-state index is -0.147. The second-order valence-electron chi connectivity index (χ2n) is 3.80. The monoisotopic (exact) mass is 280 g/mol. The van der Waals surface area contributed by atoms with Gasteiger partial charge in [0.2, 0.25) is 22.4 Å². The molecule has 0 amide bonds. The Balaban J connectivity index is 0.000000200. The van der Waals surface area contributed by atoms with Gasteiger partial charge in [-0.3, -0.25) is 9.59 Å². The zero-order valence-corrected chi connectivity index (χ0v) is 11.8. The standard InChI is InChI=1S/2C7H8O3/c1-5-3-6(8)7(9-2)4-10-5;1-5-7(9-2)6(8)3-4-10-5/h2*3-4H,1-2H3. The highest BCUT2D eigenvalue weighted by Gasteiger charge is 2.02. The molecule has 0 atom stereocenters. The van der Waals surface area contributed by atoms with Crippen molar-refractivity contribution >= 4 is 0 Å². The van der Waals surface area contributed by atoms with Crippen LogP contribution in [0, 0.1) is 13.8 Å². The molecule has 2 aromatic rings. The molecule has 108 valence electrons. The molecule has 0 radical (unpaired) electrons. The maximum Gasteiger partial charge on any atom is 0.226 e. The Bertz CT molecular complexity index is 666. The van der Waals surface area contributed by atoms with E-state index in [1.54, 1.807) is 13.8 Å². The Morgan fingerprint density at radius 1 is 1.00 bits per heavy atom. The summed E-state index contributed by atoms with van der Waals surface area (Å²) in [6.07, 6.45) is 2.65. The van der Waals surface area contributed by atoms with Crippen LogP contribution in [0.25, 0.3) is 0 Å². The van der Waals surface area contributed by atoms with E-state index in [2.05, 4.69) is 0 Å². The van der Waals surface area contributed by atoms with Crippen molar-refractivity contribution in [1.29, 1.82) is 0 Å². The summed E-state index contributed by atoms with van der Waals surface area (Å²) < 4.78 is 19.3. The quantitative estimate of drug-likeness (QED) is 0.836. The number of aryl methyl sites for hydroxylation is 2. The van der Waals surface area contributed by atoms with Crippen molar-refractivity contribution in [2.75, 3.05) is 14.2 Å². The lowest BCUT2D eigenvalue weighted by molar-refractivity contribution is 0.375. The molecule has 0 unspecified atom stereocenters. The number of ether oxygens (including phenoxy) is 2.